The van der Waals surface area contributed by atoms with E-state index >= 15 is 0 Å². The molecule has 0 unspecified atom stereocenters. The van der Waals surface area contributed by atoms with Gasteiger partial charge in [0.05, 0.1) is 6.61 Å². The van der Waals surface area contributed by atoms with Gasteiger partial charge in [-0.05, 0) is 69.1 Å². The molecule has 98 valence electrons. The van der Waals surface area contributed by atoms with Crippen molar-refractivity contribution in [2.24, 2.45) is 5.92 Å². The molecule has 0 amide bonds. The van der Waals surface area contributed by atoms with Gasteiger partial charge < -0.3 is 4.74 Å². The summed E-state index contributed by atoms with van der Waals surface area (Å²) in [5.41, 5.74) is 1.48. The number of hydrogen-bond donors (Lipinski definition) is 0. The van der Waals surface area contributed by atoms with Crippen LogP contribution >= 0.6 is 0 Å². The van der Waals surface area contributed by atoms with Crippen molar-refractivity contribution < 1.29 is 4.74 Å². The van der Waals surface area contributed by atoms with Crippen LogP contribution < -0.4 is 4.74 Å². The Balaban J connectivity index is 1.92. The second-order valence-corrected chi connectivity index (χ2v) is 5.14. The van der Waals surface area contributed by atoms with E-state index in [1.165, 1.54) is 31.2 Å². The number of benzene rings is 1. The van der Waals surface area contributed by atoms with E-state index in [0.29, 0.717) is 0 Å². The highest BCUT2D eigenvalue weighted by molar-refractivity contribution is 5.29. The minimum atomic E-state index is 0.744. The molecule has 0 aromatic heterocycles. The Morgan fingerprint density at radius 2 is 1.78 bits per heavy atom. The van der Waals surface area contributed by atoms with E-state index in [1.807, 2.05) is 6.92 Å². The second kappa shape index (κ2) is 6.63. The van der Waals surface area contributed by atoms with E-state index in [9.17, 15) is 0 Å². The van der Waals surface area contributed by atoms with Gasteiger partial charge in [-0.3, -0.25) is 0 Å². The number of hydrogen-bond acceptors (Lipinski definition) is 1. The van der Waals surface area contributed by atoms with Gasteiger partial charge in [-0.2, -0.15) is 0 Å². The molecule has 1 heteroatoms. The summed E-state index contributed by atoms with van der Waals surface area (Å²) in [4.78, 5) is 0. The lowest BCUT2D eigenvalue weighted by molar-refractivity contribution is 0.339. The van der Waals surface area contributed by atoms with Crippen LogP contribution in [0.4, 0.5) is 0 Å². The lowest BCUT2D eigenvalue weighted by Crippen LogP contribution is -2.11. The molecular formula is C17H24O. The van der Waals surface area contributed by atoms with Crippen LogP contribution in [0.15, 0.2) is 36.4 Å². The van der Waals surface area contributed by atoms with Gasteiger partial charge in [0.25, 0.3) is 0 Å². The lowest BCUT2D eigenvalue weighted by Gasteiger charge is -2.27. The summed E-state index contributed by atoms with van der Waals surface area (Å²) in [7, 11) is 0. The fraction of sp³-hybridized carbons (Fsp3) is 0.529. The van der Waals surface area contributed by atoms with Gasteiger partial charge in [-0.1, -0.05) is 24.3 Å². The summed E-state index contributed by atoms with van der Waals surface area (Å²) in [5, 5.41) is 0. The normalized spacial score (nSPS) is 24.3. The maximum atomic E-state index is 5.49. The molecule has 0 spiro atoms. The lowest BCUT2D eigenvalue weighted by atomic mass is 9.78. The second-order valence-electron chi connectivity index (χ2n) is 5.14. The minimum absolute atomic E-state index is 0.744. The van der Waals surface area contributed by atoms with Gasteiger partial charge in [-0.25, -0.2) is 0 Å². The zero-order valence-electron chi connectivity index (χ0n) is 11.6. The molecule has 1 saturated carbocycles. The van der Waals surface area contributed by atoms with Gasteiger partial charge in [-0.15, -0.1) is 0 Å². The van der Waals surface area contributed by atoms with E-state index < -0.39 is 0 Å². The Labute approximate surface area is 111 Å². The van der Waals surface area contributed by atoms with Crippen molar-refractivity contribution in [2.75, 3.05) is 6.61 Å². The maximum Gasteiger partial charge on any atom is 0.119 e. The highest BCUT2D eigenvalue weighted by Gasteiger charge is 2.20. The van der Waals surface area contributed by atoms with Crippen molar-refractivity contribution in [1.29, 1.82) is 0 Å². The number of ether oxygens (including phenoxy) is 1. The first-order valence-electron chi connectivity index (χ1n) is 7.19. The third kappa shape index (κ3) is 3.38. The molecule has 0 N–H and O–H groups in total. The summed E-state index contributed by atoms with van der Waals surface area (Å²) >= 11 is 0. The van der Waals surface area contributed by atoms with Crippen LogP contribution in [0.25, 0.3) is 0 Å². The standard InChI is InChI=1S/C17H24O/c1-3-5-14-6-8-15(9-7-14)16-10-12-17(13-11-16)18-4-2/h3,5,10-15H,4,6-9H2,1-2H3/b5-3+. The first kappa shape index (κ1) is 13.2. The van der Waals surface area contributed by atoms with E-state index in [2.05, 4.69) is 43.3 Å². The Morgan fingerprint density at radius 3 is 2.33 bits per heavy atom. The van der Waals surface area contributed by atoms with Crippen LogP contribution in [0.1, 0.15) is 51.0 Å². The molecule has 0 bridgehead atoms. The van der Waals surface area contributed by atoms with Crippen LogP contribution in [0.5, 0.6) is 5.75 Å². The average Bonchev–Trinajstić information content (AvgIpc) is 2.41. The molecule has 1 aromatic carbocycles. The van der Waals surface area contributed by atoms with Crippen molar-refractivity contribution in [2.45, 2.75) is 45.4 Å². The van der Waals surface area contributed by atoms with Gasteiger partial charge in [0.15, 0.2) is 0 Å². The number of rotatable bonds is 4. The molecule has 1 aliphatic carbocycles. The molecular weight excluding hydrogens is 220 g/mol. The smallest absolute Gasteiger partial charge is 0.119 e. The molecule has 1 nitrogen and oxygen atoms in total. The minimum Gasteiger partial charge on any atom is -0.494 e. The monoisotopic (exact) mass is 244 g/mol. The van der Waals surface area contributed by atoms with Gasteiger partial charge in [0.2, 0.25) is 0 Å². The van der Waals surface area contributed by atoms with Crippen LogP contribution in [0.3, 0.4) is 0 Å². The molecule has 1 fully saturated rings. The summed E-state index contributed by atoms with van der Waals surface area (Å²) in [6.07, 6.45) is 9.88. The first-order valence-corrected chi connectivity index (χ1v) is 7.19. The summed E-state index contributed by atoms with van der Waals surface area (Å²) in [6.45, 7) is 4.89. The van der Waals surface area contributed by atoms with Crippen molar-refractivity contribution in [3.8, 4) is 5.75 Å². The summed E-state index contributed by atoms with van der Waals surface area (Å²) in [5.74, 6) is 2.56. The highest BCUT2D eigenvalue weighted by Crippen LogP contribution is 2.36. The van der Waals surface area contributed by atoms with Gasteiger partial charge in [0, 0.05) is 0 Å². The van der Waals surface area contributed by atoms with Crippen LogP contribution in [0, 0.1) is 5.92 Å². The average molecular weight is 244 g/mol. The Bertz CT molecular complexity index is 369. The first-order chi connectivity index (χ1) is 8.83. The topological polar surface area (TPSA) is 9.23 Å². The molecule has 1 aromatic rings. The molecule has 0 radical (unpaired) electrons. The number of allylic oxidation sites excluding steroid dienone is 2. The van der Waals surface area contributed by atoms with Crippen LogP contribution in [-0.2, 0) is 0 Å². The van der Waals surface area contributed by atoms with E-state index in [1.54, 1.807) is 0 Å². The van der Waals surface area contributed by atoms with E-state index in [-0.39, 0.29) is 0 Å². The summed E-state index contributed by atoms with van der Waals surface area (Å²) in [6, 6.07) is 8.70. The maximum absolute atomic E-state index is 5.49. The van der Waals surface area contributed by atoms with Crippen molar-refractivity contribution in [1.82, 2.24) is 0 Å². The Hall–Kier alpha value is -1.24. The van der Waals surface area contributed by atoms with Crippen LogP contribution in [0.2, 0.25) is 0 Å². The predicted octanol–water partition coefficient (Wildman–Crippen LogP) is 4.94. The summed E-state index contributed by atoms with van der Waals surface area (Å²) < 4.78 is 5.49. The zero-order chi connectivity index (χ0) is 12.8. The largest absolute Gasteiger partial charge is 0.494 e. The molecule has 2 rings (SSSR count). The van der Waals surface area contributed by atoms with E-state index in [4.69, 9.17) is 4.74 Å². The van der Waals surface area contributed by atoms with Crippen molar-refractivity contribution in [3.05, 3.63) is 42.0 Å². The molecule has 0 heterocycles. The third-order valence-corrected chi connectivity index (χ3v) is 3.90. The fourth-order valence-corrected chi connectivity index (χ4v) is 2.92. The SMILES string of the molecule is C/C=C/C1CCC(c2ccc(OCC)cc2)CC1. The van der Waals surface area contributed by atoms with Crippen molar-refractivity contribution >= 4 is 0 Å². The zero-order valence-corrected chi connectivity index (χ0v) is 11.6. The highest BCUT2D eigenvalue weighted by atomic mass is 16.5. The molecule has 18 heavy (non-hydrogen) atoms. The quantitative estimate of drug-likeness (QED) is 0.682. The van der Waals surface area contributed by atoms with Gasteiger partial charge in [0.1, 0.15) is 5.75 Å². The molecule has 0 aliphatic heterocycles. The van der Waals surface area contributed by atoms with E-state index in [0.717, 1.165) is 24.2 Å². The Morgan fingerprint density at radius 1 is 1.11 bits per heavy atom. The molecule has 0 atom stereocenters. The molecule has 1 aliphatic rings. The van der Waals surface area contributed by atoms with Crippen molar-refractivity contribution in [3.63, 3.8) is 0 Å². The molecule has 0 saturated heterocycles. The fourth-order valence-electron chi connectivity index (χ4n) is 2.92. The Kier molecular flexibility index (Phi) is 4.86. The van der Waals surface area contributed by atoms with Gasteiger partial charge >= 0.3 is 0 Å². The third-order valence-electron chi connectivity index (χ3n) is 3.90. The van der Waals surface area contributed by atoms with Crippen LogP contribution in [-0.4, -0.2) is 6.61 Å². The predicted molar refractivity (Wildman–Crippen MR) is 77.1 cm³/mol.